The summed E-state index contributed by atoms with van der Waals surface area (Å²) in [5.41, 5.74) is 2.39. The average Bonchev–Trinajstić information content (AvgIpc) is 2.60. The van der Waals surface area contributed by atoms with Crippen molar-refractivity contribution < 1.29 is 9.53 Å². The maximum Gasteiger partial charge on any atom is 0.317 e. The summed E-state index contributed by atoms with van der Waals surface area (Å²) >= 11 is 0. The number of hydrogen-bond donors (Lipinski definition) is 1. The average molecular weight is 312 g/mol. The Morgan fingerprint density at radius 3 is 2.39 bits per heavy atom. The van der Waals surface area contributed by atoms with Crippen LogP contribution in [0.5, 0.6) is 5.75 Å². The minimum atomic E-state index is -0.0983. The van der Waals surface area contributed by atoms with E-state index >= 15 is 0 Å². The molecule has 0 bridgehead atoms. The van der Waals surface area contributed by atoms with Gasteiger partial charge >= 0.3 is 6.03 Å². The van der Waals surface area contributed by atoms with E-state index in [4.69, 9.17) is 4.74 Å². The van der Waals surface area contributed by atoms with Gasteiger partial charge in [0.25, 0.3) is 0 Å². The van der Waals surface area contributed by atoms with E-state index in [1.165, 1.54) is 5.56 Å². The largest absolute Gasteiger partial charge is 0.492 e. The molecular formula is C19H24N2O2. The number of carbonyl (C=O) groups is 1. The summed E-state index contributed by atoms with van der Waals surface area (Å²) < 4.78 is 5.62. The van der Waals surface area contributed by atoms with E-state index in [-0.39, 0.29) is 6.03 Å². The van der Waals surface area contributed by atoms with Crippen molar-refractivity contribution >= 4 is 6.03 Å². The highest BCUT2D eigenvalue weighted by Crippen LogP contribution is 2.12. The molecule has 122 valence electrons. The lowest BCUT2D eigenvalue weighted by atomic mass is 10.2. The van der Waals surface area contributed by atoms with E-state index < -0.39 is 0 Å². The van der Waals surface area contributed by atoms with Gasteiger partial charge in [-0.1, -0.05) is 49.4 Å². The number of nitrogens with zero attached hydrogens (tertiary/aromatic N) is 1. The zero-order valence-corrected chi connectivity index (χ0v) is 13.8. The molecule has 0 saturated carbocycles. The number of hydrogen-bond acceptors (Lipinski definition) is 2. The summed E-state index contributed by atoms with van der Waals surface area (Å²) in [7, 11) is 1.78. The molecular weight excluding hydrogens is 288 g/mol. The number of ether oxygens (including phenoxy) is 1. The van der Waals surface area contributed by atoms with Crippen LogP contribution in [-0.4, -0.2) is 31.1 Å². The fourth-order valence-corrected chi connectivity index (χ4v) is 2.21. The molecule has 0 aliphatic heterocycles. The van der Waals surface area contributed by atoms with Gasteiger partial charge in [0.15, 0.2) is 0 Å². The standard InChI is InChI=1S/C19H24N2O2/c1-3-16-9-11-18(12-10-16)23-14-13-20-19(22)21(2)15-17-7-5-4-6-8-17/h4-12H,3,13-15H2,1-2H3,(H,20,22). The highest BCUT2D eigenvalue weighted by molar-refractivity contribution is 5.73. The fraction of sp³-hybridized carbons (Fsp3) is 0.316. The maximum atomic E-state index is 12.0. The lowest BCUT2D eigenvalue weighted by Gasteiger charge is -2.18. The first-order valence-corrected chi connectivity index (χ1v) is 7.93. The molecule has 0 aliphatic carbocycles. The SMILES string of the molecule is CCc1ccc(OCCNC(=O)N(C)Cc2ccccc2)cc1. The topological polar surface area (TPSA) is 41.6 Å². The van der Waals surface area contributed by atoms with E-state index in [9.17, 15) is 4.79 Å². The van der Waals surface area contributed by atoms with Crippen LogP contribution in [0.1, 0.15) is 18.1 Å². The highest BCUT2D eigenvalue weighted by Gasteiger charge is 2.07. The zero-order valence-electron chi connectivity index (χ0n) is 13.8. The Hall–Kier alpha value is -2.49. The van der Waals surface area contributed by atoms with Crippen molar-refractivity contribution in [3.05, 3.63) is 65.7 Å². The van der Waals surface area contributed by atoms with Crippen molar-refractivity contribution in [2.45, 2.75) is 19.9 Å². The van der Waals surface area contributed by atoms with Crippen LogP contribution in [0, 0.1) is 0 Å². The molecule has 0 heterocycles. The van der Waals surface area contributed by atoms with E-state index in [0.717, 1.165) is 17.7 Å². The Morgan fingerprint density at radius 1 is 1.04 bits per heavy atom. The molecule has 0 fully saturated rings. The van der Waals surface area contributed by atoms with Crippen molar-refractivity contribution in [1.82, 2.24) is 10.2 Å². The molecule has 23 heavy (non-hydrogen) atoms. The molecule has 4 heteroatoms. The lowest BCUT2D eigenvalue weighted by molar-refractivity contribution is 0.203. The first-order chi connectivity index (χ1) is 11.2. The molecule has 0 unspecified atom stereocenters. The summed E-state index contributed by atoms with van der Waals surface area (Å²) in [4.78, 5) is 13.7. The molecule has 1 N–H and O–H groups in total. The monoisotopic (exact) mass is 312 g/mol. The van der Waals surface area contributed by atoms with Crippen molar-refractivity contribution in [2.75, 3.05) is 20.2 Å². The molecule has 2 aromatic carbocycles. The van der Waals surface area contributed by atoms with Crippen molar-refractivity contribution in [3.8, 4) is 5.75 Å². The van der Waals surface area contributed by atoms with Crippen LogP contribution in [-0.2, 0) is 13.0 Å². The van der Waals surface area contributed by atoms with Gasteiger partial charge in [-0.3, -0.25) is 0 Å². The zero-order chi connectivity index (χ0) is 16.5. The van der Waals surface area contributed by atoms with Crippen LogP contribution in [0.15, 0.2) is 54.6 Å². The number of amides is 2. The van der Waals surface area contributed by atoms with Gasteiger partial charge in [0.1, 0.15) is 12.4 Å². The van der Waals surface area contributed by atoms with E-state index in [1.54, 1.807) is 11.9 Å². The lowest BCUT2D eigenvalue weighted by Crippen LogP contribution is -2.38. The van der Waals surface area contributed by atoms with Crippen molar-refractivity contribution in [3.63, 3.8) is 0 Å². The smallest absolute Gasteiger partial charge is 0.317 e. The second-order valence-corrected chi connectivity index (χ2v) is 5.42. The quantitative estimate of drug-likeness (QED) is 0.795. The van der Waals surface area contributed by atoms with Crippen LogP contribution < -0.4 is 10.1 Å². The van der Waals surface area contributed by atoms with E-state index in [2.05, 4.69) is 24.4 Å². The van der Waals surface area contributed by atoms with Crippen molar-refractivity contribution in [1.29, 1.82) is 0 Å². The molecule has 0 atom stereocenters. The van der Waals surface area contributed by atoms with Crippen LogP contribution in [0.25, 0.3) is 0 Å². The Morgan fingerprint density at radius 2 is 1.74 bits per heavy atom. The van der Waals surface area contributed by atoms with Gasteiger partial charge in [0.05, 0.1) is 6.54 Å². The van der Waals surface area contributed by atoms with Crippen LogP contribution in [0.2, 0.25) is 0 Å². The van der Waals surface area contributed by atoms with Crippen LogP contribution in [0.3, 0.4) is 0 Å². The third-order valence-corrected chi connectivity index (χ3v) is 3.59. The van der Waals surface area contributed by atoms with Crippen LogP contribution >= 0.6 is 0 Å². The van der Waals surface area contributed by atoms with Gasteiger partial charge in [0, 0.05) is 13.6 Å². The first-order valence-electron chi connectivity index (χ1n) is 7.93. The second-order valence-electron chi connectivity index (χ2n) is 5.42. The molecule has 0 spiro atoms. The molecule has 0 aliphatic rings. The number of aryl methyl sites for hydroxylation is 1. The number of benzene rings is 2. The summed E-state index contributed by atoms with van der Waals surface area (Å²) in [6, 6.07) is 17.9. The molecule has 2 amide bonds. The molecule has 0 aromatic heterocycles. The molecule has 2 rings (SSSR count). The number of urea groups is 1. The summed E-state index contributed by atoms with van der Waals surface area (Å²) in [5.74, 6) is 0.828. The predicted octanol–water partition coefficient (Wildman–Crippen LogP) is 3.47. The Bertz CT molecular complexity index is 597. The van der Waals surface area contributed by atoms with Gasteiger partial charge in [-0.15, -0.1) is 0 Å². The van der Waals surface area contributed by atoms with Gasteiger partial charge < -0.3 is 15.0 Å². The van der Waals surface area contributed by atoms with E-state index in [1.807, 2.05) is 42.5 Å². The summed E-state index contributed by atoms with van der Waals surface area (Å²) in [5, 5.41) is 2.86. The minimum Gasteiger partial charge on any atom is -0.492 e. The van der Waals surface area contributed by atoms with Gasteiger partial charge in [-0.25, -0.2) is 4.79 Å². The molecule has 2 aromatic rings. The first kappa shape index (κ1) is 16.9. The normalized spacial score (nSPS) is 10.2. The van der Waals surface area contributed by atoms with Gasteiger partial charge in [-0.05, 0) is 29.7 Å². The summed E-state index contributed by atoms with van der Waals surface area (Å²) in [6.45, 7) is 3.65. The number of nitrogens with one attached hydrogen (secondary N) is 1. The Balaban J connectivity index is 1.67. The van der Waals surface area contributed by atoms with Crippen LogP contribution in [0.4, 0.5) is 4.79 Å². The van der Waals surface area contributed by atoms with Gasteiger partial charge in [0.2, 0.25) is 0 Å². The third-order valence-electron chi connectivity index (χ3n) is 3.59. The Kier molecular flexibility index (Phi) is 6.48. The second kappa shape index (κ2) is 8.83. The Labute approximate surface area is 138 Å². The predicted molar refractivity (Wildman–Crippen MR) is 92.6 cm³/mol. The van der Waals surface area contributed by atoms with Crippen molar-refractivity contribution in [2.24, 2.45) is 0 Å². The third kappa shape index (κ3) is 5.66. The highest BCUT2D eigenvalue weighted by atomic mass is 16.5. The number of rotatable bonds is 7. The molecule has 4 nitrogen and oxygen atoms in total. The summed E-state index contributed by atoms with van der Waals surface area (Å²) in [6.07, 6.45) is 1.02. The molecule has 0 radical (unpaired) electrons. The fourth-order valence-electron chi connectivity index (χ4n) is 2.21. The number of carbonyl (C=O) groups excluding carboxylic acids is 1. The van der Waals surface area contributed by atoms with Gasteiger partial charge in [-0.2, -0.15) is 0 Å². The van der Waals surface area contributed by atoms with E-state index in [0.29, 0.717) is 19.7 Å². The molecule has 0 saturated heterocycles. The minimum absolute atomic E-state index is 0.0983. The maximum absolute atomic E-state index is 12.0.